The molecule has 0 radical (unpaired) electrons. The Hall–Kier alpha value is -2.61. The van der Waals surface area contributed by atoms with Crippen LogP contribution in [0, 0.1) is 6.92 Å². The van der Waals surface area contributed by atoms with Gasteiger partial charge in [0.15, 0.2) is 0 Å². The number of hydrogen-bond acceptors (Lipinski definition) is 4. The van der Waals surface area contributed by atoms with Crippen molar-refractivity contribution in [2.24, 2.45) is 0 Å². The highest BCUT2D eigenvalue weighted by Gasteiger charge is 2.33. The monoisotopic (exact) mass is 380 g/mol. The summed E-state index contributed by atoms with van der Waals surface area (Å²) in [5.41, 5.74) is -0.423. The number of aryl methyl sites for hydroxylation is 1. The summed E-state index contributed by atoms with van der Waals surface area (Å²) in [6.45, 7) is 2.60. The molecule has 0 saturated carbocycles. The lowest BCUT2D eigenvalue weighted by molar-refractivity contribution is -0.141. The van der Waals surface area contributed by atoms with Gasteiger partial charge in [0.2, 0.25) is 0 Å². The second-order valence-electron chi connectivity index (χ2n) is 6.25. The van der Waals surface area contributed by atoms with Crippen molar-refractivity contribution in [3.8, 4) is 5.75 Å². The van der Waals surface area contributed by atoms with Gasteiger partial charge in [-0.3, -0.25) is 4.79 Å². The average Bonchev–Trinajstić information content (AvgIpc) is 3.13. The van der Waals surface area contributed by atoms with Gasteiger partial charge in [-0.2, -0.15) is 13.2 Å². The van der Waals surface area contributed by atoms with Crippen LogP contribution in [0.5, 0.6) is 5.75 Å². The van der Waals surface area contributed by atoms with E-state index in [-0.39, 0.29) is 17.4 Å². The predicted molar refractivity (Wildman–Crippen MR) is 92.8 cm³/mol. The molecule has 0 bridgehead atoms. The summed E-state index contributed by atoms with van der Waals surface area (Å²) in [4.78, 5) is 15.8. The van der Waals surface area contributed by atoms with Gasteiger partial charge >= 0.3 is 6.18 Å². The fourth-order valence-corrected chi connectivity index (χ4v) is 2.76. The zero-order valence-electron chi connectivity index (χ0n) is 14.7. The van der Waals surface area contributed by atoms with Gasteiger partial charge in [-0.15, -0.1) is 0 Å². The molecule has 2 aromatic rings. The first-order valence-corrected chi connectivity index (χ1v) is 8.53. The minimum Gasteiger partial charge on any atom is -0.491 e. The molecule has 144 valence electrons. The van der Waals surface area contributed by atoms with Crippen molar-refractivity contribution < 1.29 is 27.4 Å². The molecule has 3 rings (SSSR count). The zero-order valence-corrected chi connectivity index (χ0v) is 14.7. The van der Waals surface area contributed by atoms with Crippen LogP contribution in [0.2, 0.25) is 0 Å². The second-order valence-corrected chi connectivity index (χ2v) is 6.25. The number of anilines is 1. The van der Waals surface area contributed by atoms with Crippen molar-refractivity contribution in [1.29, 1.82) is 0 Å². The zero-order chi connectivity index (χ0) is 19.4. The van der Waals surface area contributed by atoms with Crippen molar-refractivity contribution in [3.63, 3.8) is 0 Å². The molecule has 1 aliphatic rings. The number of pyridine rings is 1. The Balaban J connectivity index is 1.60. The molecular weight excluding hydrogens is 361 g/mol. The third kappa shape index (κ3) is 4.97. The Morgan fingerprint density at radius 2 is 2.00 bits per heavy atom. The highest BCUT2D eigenvalue weighted by molar-refractivity contribution is 6.05. The summed E-state index contributed by atoms with van der Waals surface area (Å²) >= 11 is 0. The molecule has 0 aliphatic carbocycles. The van der Waals surface area contributed by atoms with E-state index >= 15 is 0 Å². The summed E-state index contributed by atoms with van der Waals surface area (Å²) in [6.07, 6.45) is -2.41. The van der Waals surface area contributed by atoms with Crippen molar-refractivity contribution >= 4 is 11.6 Å². The van der Waals surface area contributed by atoms with Gasteiger partial charge < -0.3 is 14.8 Å². The van der Waals surface area contributed by atoms with E-state index in [4.69, 9.17) is 9.47 Å². The van der Waals surface area contributed by atoms with E-state index in [9.17, 15) is 18.0 Å². The van der Waals surface area contributed by atoms with Crippen molar-refractivity contribution in [1.82, 2.24) is 4.98 Å². The molecule has 0 unspecified atom stereocenters. The van der Waals surface area contributed by atoms with E-state index in [1.807, 2.05) is 0 Å². The number of aromatic nitrogens is 1. The quantitative estimate of drug-likeness (QED) is 0.844. The number of rotatable bonds is 5. The highest BCUT2D eigenvalue weighted by Crippen LogP contribution is 2.28. The molecule has 1 amide bonds. The smallest absolute Gasteiger partial charge is 0.433 e. The lowest BCUT2D eigenvalue weighted by atomic mass is 10.1. The Labute approximate surface area is 154 Å². The number of halogens is 3. The number of nitrogens with zero attached hydrogens (tertiary/aromatic N) is 1. The number of carbonyl (C=O) groups is 1. The first-order valence-electron chi connectivity index (χ1n) is 8.53. The molecule has 1 atom stereocenters. The summed E-state index contributed by atoms with van der Waals surface area (Å²) in [7, 11) is 0. The molecule has 1 aromatic heterocycles. The first kappa shape index (κ1) is 19.2. The average molecular weight is 380 g/mol. The number of benzene rings is 1. The van der Waals surface area contributed by atoms with E-state index in [2.05, 4.69) is 10.3 Å². The molecular formula is C19H19F3N2O3. The third-order valence-corrected chi connectivity index (χ3v) is 4.19. The van der Waals surface area contributed by atoms with E-state index in [0.29, 0.717) is 18.0 Å². The normalized spacial score (nSPS) is 17.0. The van der Waals surface area contributed by atoms with Gasteiger partial charge in [0.25, 0.3) is 5.91 Å². The van der Waals surface area contributed by atoms with E-state index < -0.39 is 17.8 Å². The topological polar surface area (TPSA) is 60.5 Å². The molecule has 1 fully saturated rings. The van der Waals surface area contributed by atoms with Crippen LogP contribution < -0.4 is 10.1 Å². The maximum atomic E-state index is 12.7. The van der Waals surface area contributed by atoms with Gasteiger partial charge in [-0.1, -0.05) is 0 Å². The van der Waals surface area contributed by atoms with Crippen LogP contribution in [0.4, 0.5) is 18.9 Å². The van der Waals surface area contributed by atoms with Crippen LogP contribution in [-0.4, -0.2) is 30.2 Å². The van der Waals surface area contributed by atoms with Gasteiger partial charge in [0.1, 0.15) is 18.1 Å². The number of amides is 1. The Kier molecular flexibility index (Phi) is 5.65. The van der Waals surface area contributed by atoms with E-state index in [1.54, 1.807) is 24.3 Å². The SMILES string of the molecule is Cc1nc(C(F)(F)F)ccc1C(=O)Nc1ccc(OC[C@@H]2CCCO2)cc1. The number of hydrogen-bond donors (Lipinski definition) is 1. The molecule has 2 heterocycles. The molecule has 0 spiro atoms. The maximum Gasteiger partial charge on any atom is 0.433 e. The molecule has 5 nitrogen and oxygen atoms in total. The first-order chi connectivity index (χ1) is 12.8. The molecule has 1 aromatic carbocycles. The van der Waals surface area contributed by atoms with Crippen LogP contribution in [0.15, 0.2) is 36.4 Å². The fraction of sp³-hybridized carbons (Fsp3) is 0.368. The van der Waals surface area contributed by atoms with Gasteiger partial charge in [0, 0.05) is 12.3 Å². The summed E-state index contributed by atoms with van der Waals surface area (Å²) in [6, 6.07) is 8.67. The van der Waals surface area contributed by atoms with Crippen molar-refractivity contribution in [2.45, 2.75) is 32.0 Å². The third-order valence-electron chi connectivity index (χ3n) is 4.19. The van der Waals surface area contributed by atoms with Crippen LogP contribution in [0.3, 0.4) is 0 Å². The minimum atomic E-state index is -4.54. The number of ether oxygens (including phenoxy) is 2. The van der Waals surface area contributed by atoms with Gasteiger partial charge in [-0.25, -0.2) is 4.98 Å². The van der Waals surface area contributed by atoms with Crippen molar-refractivity contribution in [2.75, 3.05) is 18.5 Å². The highest BCUT2D eigenvalue weighted by atomic mass is 19.4. The number of carbonyl (C=O) groups excluding carboxylic acids is 1. The summed E-state index contributed by atoms with van der Waals surface area (Å²) in [5.74, 6) is 0.123. The Morgan fingerprint density at radius 3 is 2.59 bits per heavy atom. The number of nitrogens with one attached hydrogen (secondary N) is 1. The Bertz CT molecular complexity index is 801. The summed E-state index contributed by atoms with van der Waals surface area (Å²) < 4.78 is 49.1. The van der Waals surface area contributed by atoms with Gasteiger partial charge in [0.05, 0.1) is 17.4 Å². The maximum absolute atomic E-state index is 12.7. The Morgan fingerprint density at radius 1 is 1.26 bits per heavy atom. The second kappa shape index (κ2) is 7.96. The fourth-order valence-electron chi connectivity index (χ4n) is 2.76. The lowest BCUT2D eigenvalue weighted by Gasteiger charge is -2.12. The van der Waals surface area contributed by atoms with E-state index in [0.717, 1.165) is 31.6 Å². The molecule has 1 saturated heterocycles. The van der Waals surface area contributed by atoms with Crippen LogP contribution in [0.1, 0.15) is 34.6 Å². The largest absolute Gasteiger partial charge is 0.491 e. The molecule has 1 aliphatic heterocycles. The molecule has 8 heteroatoms. The van der Waals surface area contributed by atoms with Crippen LogP contribution in [-0.2, 0) is 10.9 Å². The standard InChI is InChI=1S/C19H19F3N2O3/c1-12-16(8-9-17(23-12)19(20,21)22)18(25)24-13-4-6-14(7-5-13)27-11-15-3-2-10-26-15/h4-9,15H,2-3,10-11H2,1H3,(H,24,25)/t15-/m0/s1. The van der Waals surface area contributed by atoms with Crippen LogP contribution >= 0.6 is 0 Å². The van der Waals surface area contributed by atoms with Crippen LogP contribution in [0.25, 0.3) is 0 Å². The minimum absolute atomic E-state index is 0.0128. The van der Waals surface area contributed by atoms with Gasteiger partial charge in [-0.05, 0) is 56.2 Å². The van der Waals surface area contributed by atoms with Crippen molar-refractivity contribution in [3.05, 3.63) is 53.3 Å². The summed E-state index contributed by atoms with van der Waals surface area (Å²) in [5, 5.41) is 2.64. The molecule has 1 N–H and O–H groups in total. The number of alkyl halides is 3. The lowest BCUT2D eigenvalue weighted by Crippen LogP contribution is -2.17. The molecule has 27 heavy (non-hydrogen) atoms. The predicted octanol–water partition coefficient (Wildman–Crippen LogP) is 4.22. The van der Waals surface area contributed by atoms with E-state index in [1.165, 1.54) is 6.92 Å².